The molecule has 1 aromatic rings. The van der Waals surface area contributed by atoms with E-state index in [0.717, 1.165) is 31.2 Å². The summed E-state index contributed by atoms with van der Waals surface area (Å²) in [5.41, 5.74) is 1.67. The second kappa shape index (κ2) is 4.99. The zero-order valence-corrected chi connectivity index (χ0v) is 9.01. The molecule has 0 aromatic carbocycles. The average Bonchev–Trinajstić information content (AvgIpc) is 2.81. The Balaban J connectivity index is 1.83. The molecule has 1 aliphatic rings. The summed E-state index contributed by atoms with van der Waals surface area (Å²) in [6, 6.07) is 0. The number of hydrogen-bond donors (Lipinski definition) is 2. The second-order valence-electron chi connectivity index (χ2n) is 3.29. The number of carbonyl (C=O) groups excluding carboxylic acids is 1. The molecule has 0 aliphatic carbocycles. The summed E-state index contributed by atoms with van der Waals surface area (Å²) in [6.07, 6.45) is 4.59. The van der Waals surface area contributed by atoms with Crippen molar-refractivity contribution in [3.8, 4) is 0 Å². The topological polar surface area (TPSA) is 66.9 Å². The molecule has 0 saturated heterocycles. The van der Waals surface area contributed by atoms with Crippen LogP contribution in [-0.2, 0) is 0 Å². The highest BCUT2D eigenvalue weighted by Crippen LogP contribution is 2.03. The van der Waals surface area contributed by atoms with Crippen molar-refractivity contribution < 1.29 is 4.79 Å². The molecular weight excluding hydrogens is 212 g/mol. The first-order chi connectivity index (χ1) is 7.36. The van der Waals surface area contributed by atoms with Crippen LogP contribution in [0.2, 0.25) is 0 Å². The summed E-state index contributed by atoms with van der Waals surface area (Å²) in [5.74, 6) is -0.150. The molecule has 0 spiro atoms. The highest BCUT2D eigenvalue weighted by atomic mass is 32.1. The van der Waals surface area contributed by atoms with Gasteiger partial charge < -0.3 is 10.6 Å². The Hall–Kier alpha value is -1.27. The third kappa shape index (κ3) is 2.84. The van der Waals surface area contributed by atoms with Crippen molar-refractivity contribution in [2.45, 2.75) is 6.42 Å². The number of amides is 1. The van der Waals surface area contributed by atoms with Crippen LogP contribution < -0.4 is 10.6 Å². The molecule has 1 amide bonds. The third-order valence-corrected chi connectivity index (χ3v) is 2.71. The summed E-state index contributed by atoms with van der Waals surface area (Å²) in [7, 11) is 0. The van der Waals surface area contributed by atoms with Gasteiger partial charge in [0.05, 0.1) is 17.9 Å². The Bertz CT molecular complexity index is 360. The van der Waals surface area contributed by atoms with Gasteiger partial charge in [-0.15, -0.1) is 0 Å². The normalized spacial score (nSPS) is 15.9. The largest absolute Gasteiger partial charge is 0.347 e. The van der Waals surface area contributed by atoms with Crippen molar-refractivity contribution in [2.75, 3.05) is 19.6 Å². The van der Waals surface area contributed by atoms with Crippen LogP contribution in [0.4, 0.5) is 0 Å². The highest BCUT2D eigenvalue weighted by Gasteiger charge is 2.09. The van der Waals surface area contributed by atoms with Crippen LogP contribution in [0.25, 0.3) is 0 Å². The van der Waals surface area contributed by atoms with Crippen molar-refractivity contribution in [1.29, 1.82) is 0 Å². The Morgan fingerprint density at radius 2 is 2.60 bits per heavy atom. The van der Waals surface area contributed by atoms with Gasteiger partial charge in [0, 0.05) is 13.1 Å². The van der Waals surface area contributed by atoms with Crippen molar-refractivity contribution in [1.82, 2.24) is 19.4 Å². The molecular formula is C9H12N4OS. The minimum absolute atomic E-state index is 0.150. The van der Waals surface area contributed by atoms with Crippen LogP contribution >= 0.6 is 11.7 Å². The van der Waals surface area contributed by atoms with Crippen molar-refractivity contribution in [2.24, 2.45) is 0 Å². The summed E-state index contributed by atoms with van der Waals surface area (Å²) < 4.78 is 7.65. The molecule has 6 heteroatoms. The fourth-order valence-corrected chi connectivity index (χ4v) is 1.79. The molecule has 80 valence electrons. The van der Waals surface area contributed by atoms with Crippen LogP contribution in [0.3, 0.4) is 0 Å². The van der Waals surface area contributed by atoms with Crippen LogP contribution in [-0.4, -0.2) is 34.3 Å². The van der Waals surface area contributed by atoms with Gasteiger partial charge in [0.2, 0.25) is 0 Å². The van der Waals surface area contributed by atoms with Gasteiger partial charge in [-0.25, -0.2) is 0 Å². The van der Waals surface area contributed by atoms with E-state index in [2.05, 4.69) is 25.5 Å². The van der Waals surface area contributed by atoms with E-state index in [1.807, 2.05) is 0 Å². The number of nitrogens with one attached hydrogen (secondary N) is 2. The van der Waals surface area contributed by atoms with Crippen LogP contribution in [0, 0.1) is 0 Å². The first-order valence-electron chi connectivity index (χ1n) is 4.80. The molecule has 0 fully saturated rings. The standard InChI is InChI=1S/C9H12N4OS/c14-9(8-6-12-15-13-8)11-5-7-1-3-10-4-2-7/h1,6,10H,2-5H2,(H,11,14). The lowest BCUT2D eigenvalue weighted by molar-refractivity contribution is 0.0952. The average molecular weight is 224 g/mol. The van der Waals surface area contributed by atoms with Crippen molar-refractivity contribution in [3.63, 3.8) is 0 Å². The molecule has 1 aromatic heterocycles. The van der Waals surface area contributed by atoms with E-state index in [4.69, 9.17) is 0 Å². The van der Waals surface area contributed by atoms with Gasteiger partial charge in [0.1, 0.15) is 0 Å². The number of nitrogens with zero attached hydrogens (tertiary/aromatic N) is 2. The molecule has 1 aliphatic heterocycles. The first kappa shape index (κ1) is 10.3. The highest BCUT2D eigenvalue weighted by molar-refractivity contribution is 6.99. The molecule has 0 unspecified atom stereocenters. The molecule has 2 N–H and O–H groups in total. The molecule has 0 saturated carbocycles. The zero-order valence-electron chi connectivity index (χ0n) is 8.19. The predicted octanol–water partition coefficient (Wildman–Crippen LogP) is 0.188. The van der Waals surface area contributed by atoms with E-state index >= 15 is 0 Å². The monoisotopic (exact) mass is 224 g/mol. The molecule has 0 atom stereocenters. The second-order valence-corrected chi connectivity index (χ2v) is 3.85. The maximum atomic E-state index is 11.5. The van der Waals surface area contributed by atoms with Gasteiger partial charge in [-0.2, -0.15) is 8.75 Å². The first-order valence-corrected chi connectivity index (χ1v) is 5.53. The van der Waals surface area contributed by atoms with Gasteiger partial charge in [0.15, 0.2) is 5.69 Å². The lowest BCUT2D eigenvalue weighted by Gasteiger charge is -2.13. The number of carbonyl (C=O) groups is 1. The summed E-state index contributed by atoms with van der Waals surface area (Å²) in [5, 5.41) is 6.04. The van der Waals surface area contributed by atoms with E-state index in [1.165, 1.54) is 11.8 Å². The smallest absolute Gasteiger partial charge is 0.272 e. The third-order valence-electron chi connectivity index (χ3n) is 2.23. The van der Waals surface area contributed by atoms with Gasteiger partial charge in [-0.3, -0.25) is 4.79 Å². The summed E-state index contributed by atoms with van der Waals surface area (Å²) >= 11 is 1.04. The SMILES string of the molecule is O=C(NCC1=CCNCC1)c1cnsn1. The maximum absolute atomic E-state index is 11.5. The van der Waals surface area contributed by atoms with Gasteiger partial charge in [-0.1, -0.05) is 11.6 Å². The molecule has 0 radical (unpaired) electrons. The molecule has 2 rings (SSSR count). The fourth-order valence-electron chi connectivity index (χ4n) is 1.38. The fraction of sp³-hybridized carbons (Fsp3) is 0.444. The van der Waals surface area contributed by atoms with Crippen LogP contribution in [0.15, 0.2) is 17.8 Å². The minimum atomic E-state index is -0.150. The molecule has 2 heterocycles. The van der Waals surface area contributed by atoms with Crippen LogP contribution in [0.5, 0.6) is 0 Å². The molecule has 15 heavy (non-hydrogen) atoms. The lowest BCUT2D eigenvalue weighted by Crippen LogP contribution is -2.29. The van der Waals surface area contributed by atoms with Gasteiger partial charge >= 0.3 is 0 Å². The number of hydrogen-bond acceptors (Lipinski definition) is 5. The maximum Gasteiger partial charge on any atom is 0.272 e. The number of aromatic nitrogens is 2. The molecule has 5 nitrogen and oxygen atoms in total. The molecule has 0 bridgehead atoms. The Kier molecular flexibility index (Phi) is 3.41. The van der Waals surface area contributed by atoms with Crippen molar-refractivity contribution >= 4 is 17.6 Å². The van der Waals surface area contributed by atoms with E-state index in [0.29, 0.717) is 12.2 Å². The minimum Gasteiger partial charge on any atom is -0.347 e. The summed E-state index contributed by atoms with van der Waals surface area (Å²) in [6.45, 7) is 2.49. The van der Waals surface area contributed by atoms with Gasteiger partial charge in [-0.05, 0) is 13.0 Å². The van der Waals surface area contributed by atoms with E-state index in [-0.39, 0.29) is 5.91 Å². The van der Waals surface area contributed by atoms with Crippen molar-refractivity contribution in [3.05, 3.63) is 23.5 Å². The van der Waals surface area contributed by atoms with E-state index < -0.39 is 0 Å². The quantitative estimate of drug-likeness (QED) is 0.719. The predicted molar refractivity (Wildman–Crippen MR) is 57.8 cm³/mol. The van der Waals surface area contributed by atoms with E-state index in [1.54, 1.807) is 0 Å². The number of rotatable bonds is 3. The Morgan fingerprint density at radius 3 is 3.27 bits per heavy atom. The van der Waals surface area contributed by atoms with E-state index in [9.17, 15) is 4.79 Å². The Morgan fingerprint density at radius 1 is 1.67 bits per heavy atom. The van der Waals surface area contributed by atoms with Crippen LogP contribution in [0.1, 0.15) is 16.9 Å². The van der Waals surface area contributed by atoms with Gasteiger partial charge in [0.25, 0.3) is 5.91 Å². The zero-order chi connectivity index (χ0) is 10.5. The lowest BCUT2D eigenvalue weighted by atomic mass is 10.1. The Labute approximate surface area is 91.9 Å². The summed E-state index contributed by atoms with van der Waals surface area (Å²) in [4.78, 5) is 11.5.